The van der Waals surface area contributed by atoms with E-state index in [0.717, 1.165) is 32.5 Å². The van der Waals surface area contributed by atoms with Crippen molar-refractivity contribution in [3.63, 3.8) is 0 Å². The summed E-state index contributed by atoms with van der Waals surface area (Å²) in [4.78, 5) is 60.4. The predicted molar refractivity (Wildman–Crippen MR) is 178 cm³/mol. The Balaban J connectivity index is -0.000000722. The van der Waals surface area contributed by atoms with Gasteiger partial charge in [-0.15, -0.1) is 0 Å². The molecule has 0 saturated carbocycles. The van der Waals surface area contributed by atoms with Crippen molar-refractivity contribution in [1.29, 1.82) is 0 Å². The van der Waals surface area contributed by atoms with Crippen LogP contribution in [0, 0.1) is 11.8 Å². The molecule has 0 radical (unpaired) electrons. The fraction of sp³-hybridized carbons (Fsp3) is 0.719. The number of nitrogens with zero attached hydrogens (tertiary/aromatic N) is 2. The molecule has 0 aliphatic rings. The summed E-state index contributed by atoms with van der Waals surface area (Å²) < 4.78 is 0. The highest BCUT2D eigenvalue weighted by Crippen LogP contribution is 2.19. The largest absolute Gasteiger partial charge is 0.481 e. The highest BCUT2D eigenvalue weighted by molar-refractivity contribution is 5.87. The van der Waals surface area contributed by atoms with Crippen LogP contribution < -0.4 is 21.3 Å². The second-order valence-electron chi connectivity index (χ2n) is 11.8. The highest BCUT2D eigenvalue weighted by Gasteiger charge is 2.25. The van der Waals surface area contributed by atoms with Gasteiger partial charge in [-0.05, 0) is 113 Å². The third-order valence-electron chi connectivity index (χ3n) is 5.80. The molecule has 12 heteroatoms. The third-order valence-corrected chi connectivity index (χ3v) is 5.80. The molecule has 0 aliphatic heterocycles. The SMILES string of the molecule is C=CC(=O)NC(C)C.C=CC(=O)NCCCN(C)C.CC(C)NC(=O)C(CCCC(=O)O)CC(C)C(=O)NCCCN(C)C. The molecule has 0 saturated heterocycles. The lowest BCUT2D eigenvalue weighted by Gasteiger charge is -2.21. The van der Waals surface area contributed by atoms with E-state index in [0.29, 0.717) is 25.8 Å². The predicted octanol–water partition coefficient (Wildman–Crippen LogP) is 2.41. The lowest BCUT2D eigenvalue weighted by Crippen LogP contribution is -2.38. The number of hydrogen-bond acceptors (Lipinski definition) is 7. The number of hydrogen-bond donors (Lipinski definition) is 5. The summed E-state index contributed by atoms with van der Waals surface area (Å²) in [5.74, 6) is -1.86. The minimum Gasteiger partial charge on any atom is -0.481 e. The second kappa shape index (κ2) is 28.5. The molecule has 0 aromatic heterocycles. The van der Waals surface area contributed by atoms with Gasteiger partial charge in [-0.25, -0.2) is 0 Å². The maximum Gasteiger partial charge on any atom is 0.303 e. The minimum absolute atomic E-state index is 0.0182. The number of carbonyl (C=O) groups is 5. The van der Waals surface area contributed by atoms with Crippen molar-refractivity contribution in [2.45, 2.75) is 85.2 Å². The number of carbonyl (C=O) groups excluding carboxylic acids is 4. The summed E-state index contributed by atoms with van der Waals surface area (Å²) in [5, 5.41) is 19.9. The summed E-state index contributed by atoms with van der Waals surface area (Å²) in [7, 11) is 7.99. The monoisotopic (exact) mass is 626 g/mol. The van der Waals surface area contributed by atoms with Gasteiger partial charge in [-0.1, -0.05) is 20.1 Å². The van der Waals surface area contributed by atoms with E-state index in [1.165, 1.54) is 12.2 Å². The van der Waals surface area contributed by atoms with Crippen molar-refractivity contribution in [2.75, 3.05) is 54.4 Å². The van der Waals surface area contributed by atoms with Crippen LogP contribution in [0.4, 0.5) is 0 Å². The summed E-state index contributed by atoms with van der Waals surface area (Å²) in [6, 6.07) is 0.227. The van der Waals surface area contributed by atoms with Crippen molar-refractivity contribution in [2.24, 2.45) is 11.8 Å². The molecule has 0 rings (SSSR count). The Morgan fingerprint density at radius 2 is 1.18 bits per heavy atom. The maximum atomic E-state index is 12.3. The molecule has 0 bridgehead atoms. The standard InChI is InChI=1S/C18H35N3O4.C8H16N2O.C6H11NO/c1-13(2)20-18(25)15(8-6-9-16(22)23)12-14(3)17(24)19-10-7-11-21(4)5;1-4-8(11)9-6-5-7-10(2)3;1-4-6(8)7-5(2)3/h13-15H,6-12H2,1-5H3,(H,19,24)(H,20,25)(H,22,23);4H,1,5-7H2,2-3H3,(H,9,11);4-5H,1H2,2-3H3,(H,7,8). The summed E-state index contributed by atoms with van der Waals surface area (Å²) in [6.07, 6.45) is 5.78. The van der Waals surface area contributed by atoms with Crippen LogP contribution in [-0.2, 0) is 24.0 Å². The first-order chi connectivity index (χ1) is 20.5. The summed E-state index contributed by atoms with van der Waals surface area (Å²) in [5.41, 5.74) is 0. The van der Waals surface area contributed by atoms with Crippen LogP contribution in [0.15, 0.2) is 25.3 Å². The zero-order chi connectivity index (χ0) is 34.7. The average molecular weight is 627 g/mol. The smallest absolute Gasteiger partial charge is 0.303 e. The van der Waals surface area contributed by atoms with E-state index in [9.17, 15) is 24.0 Å². The van der Waals surface area contributed by atoms with Crippen LogP contribution in [-0.4, -0.2) is 111 Å². The first kappa shape index (κ1) is 45.2. The van der Waals surface area contributed by atoms with Gasteiger partial charge >= 0.3 is 5.97 Å². The summed E-state index contributed by atoms with van der Waals surface area (Å²) >= 11 is 0. The van der Waals surface area contributed by atoms with E-state index in [1.54, 1.807) is 0 Å². The van der Waals surface area contributed by atoms with Gasteiger partial charge in [0.2, 0.25) is 23.6 Å². The Morgan fingerprint density at radius 3 is 1.57 bits per heavy atom. The van der Waals surface area contributed by atoms with Crippen LogP contribution in [0.3, 0.4) is 0 Å². The van der Waals surface area contributed by atoms with E-state index in [-0.39, 0.29) is 54.0 Å². The van der Waals surface area contributed by atoms with E-state index in [1.807, 2.05) is 62.8 Å². The lowest BCUT2D eigenvalue weighted by atomic mass is 9.90. The normalized spacial score (nSPS) is 11.8. The lowest BCUT2D eigenvalue weighted by molar-refractivity contribution is -0.137. The van der Waals surface area contributed by atoms with Crippen molar-refractivity contribution in [1.82, 2.24) is 31.1 Å². The number of rotatable bonds is 20. The van der Waals surface area contributed by atoms with Gasteiger partial charge in [0.05, 0.1) is 0 Å². The first-order valence-corrected chi connectivity index (χ1v) is 15.4. The first-order valence-electron chi connectivity index (χ1n) is 15.4. The molecule has 5 N–H and O–H groups in total. The highest BCUT2D eigenvalue weighted by atomic mass is 16.4. The zero-order valence-electron chi connectivity index (χ0n) is 28.8. The number of carboxylic acids is 1. The van der Waals surface area contributed by atoms with Gasteiger partial charge in [-0.2, -0.15) is 0 Å². The van der Waals surface area contributed by atoms with Gasteiger partial charge in [-0.3, -0.25) is 24.0 Å². The molecule has 4 amide bonds. The van der Waals surface area contributed by atoms with Gasteiger partial charge in [0.15, 0.2) is 0 Å². The van der Waals surface area contributed by atoms with Crippen LogP contribution in [0.2, 0.25) is 0 Å². The summed E-state index contributed by atoms with van der Waals surface area (Å²) in [6.45, 7) is 19.3. The van der Waals surface area contributed by atoms with E-state index in [2.05, 4.69) is 44.2 Å². The fourth-order valence-electron chi connectivity index (χ4n) is 3.60. The Labute approximate surface area is 266 Å². The van der Waals surface area contributed by atoms with Crippen molar-refractivity contribution < 1.29 is 29.1 Å². The molecule has 2 atom stereocenters. The van der Waals surface area contributed by atoms with Gasteiger partial charge in [0, 0.05) is 43.4 Å². The van der Waals surface area contributed by atoms with E-state index < -0.39 is 5.97 Å². The molecule has 2 unspecified atom stereocenters. The van der Waals surface area contributed by atoms with Gasteiger partial charge < -0.3 is 36.2 Å². The number of amides is 4. The fourth-order valence-corrected chi connectivity index (χ4v) is 3.60. The van der Waals surface area contributed by atoms with E-state index >= 15 is 0 Å². The molecular formula is C32H62N6O6. The Morgan fingerprint density at radius 1 is 0.705 bits per heavy atom. The number of carboxylic acid groups (broad SMARTS) is 1. The Kier molecular flexibility index (Phi) is 29.3. The molecule has 0 aliphatic carbocycles. The molecular weight excluding hydrogens is 564 g/mol. The second-order valence-corrected chi connectivity index (χ2v) is 11.8. The number of nitrogens with one attached hydrogen (secondary N) is 4. The quantitative estimate of drug-likeness (QED) is 0.102. The molecule has 12 nitrogen and oxygen atoms in total. The molecule has 0 spiro atoms. The average Bonchev–Trinajstić information content (AvgIpc) is 2.91. The van der Waals surface area contributed by atoms with Gasteiger partial charge in [0.25, 0.3) is 0 Å². The molecule has 0 aromatic carbocycles. The maximum absolute atomic E-state index is 12.3. The Hall–Kier alpha value is -3.25. The van der Waals surface area contributed by atoms with E-state index in [4.69, 9.17) is 5.11 Å². The van der Waals surface area contributed by atoms with Gasteiger partial charge in [0.1, 0.15) is 0 Å². The minimum atomic E-state index is -0.866. The van der Waals surface area contributed by atoms with Crippen molar-refractivity contribution >= 4 is 29.6 Å². The Bertz CT molecular complexity index is 845. The van der Waals surface area contributed by atoms with Crippen LogP contribution in [0.25, 0.3) is 0 Å². The molecule has 0 heterocycles. The van der Waals surface area contributed by atoms with Crippen molar-refractivity contribution in [3.8, 4) is 0 Å². The van der Waals surface area contributed by atoms with Crippen LogP contribution in [0.1, 0.15) is 73.1 Å². The molecule has 44 heavy (non-hydrogen) atoms. The third kappa shape index (κ3) is 33.3. The van der Waals surface area contributed by atoms with Crippen LogP contribution in [0.5, 0.6) is 0 Å². The molecule has 0 fully saturated rings. The molecule has 256 valence electrons. The van der Waals surface area contributed by atoms with Crippen molar-refractivity contribution in [3.05, 3.63) is 25.3 Å². The number of aliphatic carboxylic acids is 1. The molecule has 0 aromatic rings. The van der Waals surface area contributed by atoms with Crippen LogP contribution >= 0.6 is 0 Å². The zero-order valence-corrected chi connectivity index (χ0v) is 28.8. The topological polar surface area (TPSA) is 160 Å².